The second-order valence-corrected chi connectivity index (χ2v) is 6.40. The van der Waals surface area contributed by atoms with Crippen LogP contribution in [0.1, 0.15) is 26.4 Å². The fraction of sp³-hybridized carbons (Fsp3) is 0.158. The third-order valence-electron chi connectivity index (χ3n) is 3.83. The summed E-state index contributed by atoms with van der Waals surface area (Å²) < 4.78 is 5.34. The van der Waals surface area contributed by atoms with Crippen molar-refractivity contribution in [1.82, 2.24) is 15.3 Å². The molecule has 2 aromatic heterocycles. The molecule has 0 bridgehead atoms. The first-order valence-corrected chi connectivity index (χ1v) is 9.36. The van der Waals surface area contributed by atoms with Crippen LogP contribution in [0.5, 0.6) is 0 Å². The van der Waals surface area contributed by atoms with Gasteiger partial charge in [-0.1, -0.05) is 6.07 Å². The highest BCUT2D eigenvalue weighted by molar-refractivity contribution is 7.98. The Morgan fingerprint density at radius 2 is 1.93 bits per heavy atom. The number of nitrogens with zero attached hydrogens (tertiary/aromatic N) is 2. The van der Waals surface area contributed by atoms with Crippen molar-refractivity contribution in [2.45, 2.75) is 11.9 Å². The van der Waals surface area contributed by atoms with Crippen LogP contribution < -0.4 is 10.6 Å². The Morgan fingerprint density at radius 1 is 1.11 bits per heavy atom. The number of hydrogen-bond donors (Lipinski definition) is 2. The summed E-state index contributed by atoms with van der Waals surface area (Å²) in [5, 5.41) is 5.92. The Kier molecular flexibility index (Phi) is 5.56. The van der Waals surface area contributed by atoms with Gasteiger partial charge >= 0.3 is 0 Å². The topological polar surface area (TPSA) is 97.1 Å². The summed E-state index contributed by atoms with van der Waals surface area (Å²) in [7, 11) is 1.56. The molecule has 1 aromatic carbocycles. The molecule has 0 atom stereocenters. The molecule has 0 fully saturated rings. The lowest BCUT2D eigenvalue weighted by Crippen LogP contribution is -2.19. The molecular formula is C19H18N4O3S. The molecule has 0 saturated carbocycles. The average molecular weight is 382 g/mol. The lowest BCUT2D eigenvalue weighted by Gasteiger charge is -2.12. The molecule has 3 aromatic rings. The first-order valence-electron chi connectivity index (χ1n) is 8.13. The molecule has 7 nitrogen and oxygen atoms in total. The van der Waals surface area contributed by atoms with Crippen LogP contribution >= 0.6 is 11.8 Å². The highest BCUT2D eigenvalue weighted by Crippen LogP contribution is 2.26. The van der Waals surface area contributed by atoms with E-state index in [2.05, 4.69) is 20.6 Å². The maximum absolute atomic E-state index is 12.8. The molecule has 3 rings (SSSR count). The molecule has 0 unspecified atom stereocenters. The number of aromatic nitrogens is 2. The van der Waals surface area contributed by atoms with E-state index in [1.54, 1.807) is 56.6 Å². The van der Waals surface area contributed by atoms with Gasteiger partial charge in [-0.25, -0.2) is 9.97 Å². The monoisotopic (exact) mass is 382 g/mol. The van der Waals surface area contributed by atoms with Crippen LogP contribution in [-0.4, -0.2) is 35.1 Å². The van der Waals surface area contributed by atoms with Crippen LogP contribution in [0.25, 0.3) is 11.6 Å². The summed E-state index contributed by atoms with van der Waals surface area (Å²) in [5.74, 6) is 0.411. The van der Waals surface area contributed by atoms with E-state index < -0.39 is 0 Å². The van der Waals surface area contributed by atoms with E-state index in [1.165, 1.54) is 11.8 Å². The predicted octanol–water partition coefficient (Wildman–Crippen LogP) is 3.38. The Balaban J connectivity index is 1.92. The van der Waals surface area contributed by atoms with Crippen molar-refractivity contribution in [3.05, 3.63) is 59.5 Å². The summed E-state index contributed by atoms with van der Waals surface area (Å²) >= 11 is 1.35. The van der Waals surface area contributed by atoms with Crippen molar-refractivity contribution in [3.8, 4) is 11.6 Å². The quantitative estimate of drug-likeness (QED) is 0.519. The Labute approximate surface area is 160 Å². The van der Waals surface area contributed by atoms with Gasteiger partial charge in [0.25, 0.3) is 11.8 Å². The van der Waals surface area contributed by atoms with Crippen molar-refractivity contribution in [1.29, 1.82) is 0 Å². The number of nitrogens with one attached hydrogen (secondary N) is 2. The van der Waals surface area contributed by atoms with Crippen molar-refractivity contribution in [3.63, 3.8) is 0 Å². The normalized spacial score (nSPS) is 10.5. The maximum Gasteiger partial charge on any atom is 0.260 e. The number of carbonyl (C=O) groups excluding carboxylic acids is 2. The molecule has 2 N–H and O–H groups in total. The molecule has 27 heavy (non-hydrogen) atoms. The zero-order valence-corrected chi connectivity index (χ0v) is 15.9. The molecule has 0 aliphatic carbocycles. The molecule has 0 aliphatic rings. The maximum atomic E-state index is 12.8. The molecule has 0 spiro atoms. The number of hydrogen-bond acceptors (Lipinski definition) is 6. The zero-order valence-electron chi connectivity index (χ0n) is 15.1. The predicted molar refractivity (Wildman–Crippen MR) is 104 cm³/mol. The number of thioether (sulfide) groups is 1. The molecule has 0 radical (unpaired) electrons. The SMILES string of the molecule is CNC(=O)c1cccc(NC(=O)c2c(C)nc(-c3ccco3)nc2SC)c1. The van der Waals surface area contributed by atoms with E-state index in [1.807, 2.05) is 6.26 Å². The summed E-state index contributed by atoms with van der Waals surface area (Å²) in [6.45, 7) is 1.75. The molecule has 138 valence electrons. The van der Waals surface area contributed by atoms with Crippen molar-refractivity contribution in [2.75, 3.05) is 18.6 Å². The van der Waals surface area contributed by atoms with E-state index in [-0.39, 0.29) is 11.8 Å². The van der Waals surface area contributed by atoms with Gasteiger partial charge in [0, 0.05) is 18.3 Å². The fourth-order valence-corrected chi connectivity index (χ4v) is 3.17. The molecule has 8 heteroatoms. The van der Waals surface area contributed by atoms with Crippen LogP contribution in [0.2, 0.25) is 0 Å². The third-order valence-corrected chi connectivity index (χ3v) is 4.51. The number of benzene rings is 1. The largest absolute Gasteiger partial charge is 0.461 e. The Hall–Kier alpha value is -3.13. The van der Waals surface area contributed by atoms with Gasteiger partial charge in [0.1, 0.15) is 5.03 Å². The van der Waals surface area contributed by atoms with Gasteiger partial charge in [0.15, 0.2) is 11.6 Å². The lowest BCUT2D eigenvalue weighted by atomic mass is 10.1. The van der Waals surface area contributed by atoms with Gasteiger partial charge in [0.05, 0.1) is 17.5 Å². The van der Waals surface area contributed by atoms with Crippen molar-refractivity contribution >= 4 is 29.3 Å². The summed E-state index contributed by atoms with van der Waals surface area (Å²) in [4.78, 5) is 33.5. The second kappa shape index (κ2) is 8.05. The van der Waals surface area contributed by atoms with Crippen LogP contribution in [0.4, 0.5) is 5.69 Å². The van der Waals surface area contributed by atoms with Gasteiger partial charge in [-0.15, -0.1) is 11.8 Å². The first-order chi connectivity index (χ1) is 13.0. The Morgan fingerprint density at radius 3 is 2.59 bits per heavy atom. The number of amides is 2. The second-order valence-electron chi connectivity index (χ2n) is 5.61. The van der Waals surface area contributed by atoms with Crippen LogP contribution in [-0.2, 0) is 0 Å². The summed E-state index contributed by atoms with van der Waals surface area (Å²) in [5.41, 5.74) is 1.91. The van der Waals surface area contributed by atoms with E-state index in [0.29, 0.717) is 39.1 Å². The van der Waals surface area contributed by atoms with Crippen molar-refractivity contribution < 1.29 is 14.0 Å². The summed E-state index contributed by atoms with van der Waals surface area (Å²) in [6.07, 6.45) is 3.39. The van der Waals surface area contributed by atoms with E-state index >= 15 is 0 Å². The standard InChI is InChI=1S/C19H18N4O3S/c1-11-15(19(27-3)23-16(21-11)14-8-5-9-26-14)18(25)22-13-7-4-6-12(10-13)17(24)20-2/h4-10H,1-3H3,(H,20,24)(H,22,25). The van der Waals surface area contributed by atoms with E-state index in [0.717, 1.165) is 0 Å². The molecule has 2 amide bonds. The van der Waals surface area contributed by atoms with Gasteiger partial charge < -0.3 is 15.1 Å². The number of furan rings is 1. The minimum atomic E-state index is -0.336. The van der Waals surface area contributed by atoms with E-state index in [4.69, 9.17) is 4.42 Å². The highest BCUT2D eigenvalue weighted by atomic mass is 32.2. The molecule has 0 saturated heterocycles. The average Bonchev–Trinajstić information content (AvgIpc) is 3.21. The minimum Gasteiger partial charge on any atom is -0.461 e. The third kappa shape index (κ3) is 4.01. The van der Waals surface area contributed by atoms with E-state index in [9.17, 15) is 9.59 Å². The van der Waals surface area contributed by atoms with Gasteiger partial charge in [-0.2, -0.15) is 0 Å². The van der Waals surface area contributed by atoms with Gasteiger partial charge in [-0.3, -0.25) is 9.59 Å². The number of anilines is 1. The van der Waals surface area contributed by atoms with Gasteiger partial charge in [-0.05, 0) is 43.5 Å². The molecule has 2 heterocycles. The van der Waals surface area contributed by atoms with Crippen LogP contribution in [0.3, 0.4) is 0 Å². The highest BCUT2D eigenvalue weighted by Gasteiger charge is 2.20. The lowest BCUT2D eigenvalue weighted by molar-refractivity contribution is 0.0961. The van der Waals surface area contributed by atoms with Crippen LogP contribution in [0, 0.1) is 6.92 Å². The summed E-state index contributed by atoms with van der Waals surface area (Å²) in [6, 6.07) is 10.2. The smallest absolute Gasteiger partial charge is 0.260 e. The number of aryl methyl sites for hydroxylation is 1. The van der Waals surface area contributed by atoms with Gasteiger partial charge in [0.2, 0.25) is 0 Å². The van der Waals surface area contributed by atoms with Crippen LogP contribution in [0.15, 0.2) is 52.1 Å². The minimum absolute atomic E-state index is 0.224. The van der Waals surface area contributed by atoms with Crippen molar-refractivity contribution in [2.24, 2.45) is 0 Å². The Bertz CT molecular complexity index is 987. The number of carbonyl (C=O) groups is 2. The molecule has 0 aliphatic heterocycles. The number of rotatable bonds is 5. The fourth-order valence-electron chi connectivity index (χ4n) is 2.55. The molecular weight excluding hydrogens is 364 g/mol. The first kappa shape index (κ1) is 18.7. The zero-order chi connectivity index (χ0) is 19.4.